The summed E-state index contributed by atoms with van der Waals surface area (Å²) in [4.78, 5) is 27.9. The lowest BCUT2D eigenvalue weighted by Gasteiger charge is -2.29. The first kappa shape index (κ1) is 17.5. The third kappa shape index (κ3) is 4.32. The van der Waals surface area contributed by atoms with E-state index in [1.54, 1.807) is 19.0 Å². The molecule has 1 fully saturated rings. The van der Waals surface area contributed by atoms with E-state index in [9.17, 15) is 9.59 Å². The Hall–Kier alpha value is -1.88. The van der Waals surface area contributed by atoms with E-state index in [-0.39, 0.29) is 23.8 Å². The largest absolute Gasteiger partial charge is 0.381 e. The Morgan fingerprint density at radius 1 is 1.22 bits per heavy atom. The second-order valence-corrected chi connectivity index (χ2v) is 6.49. The van der Waals surface area contributed by atoms with Crippen molar-refractivity contribution in [1.82, 2.24) is 4.90 Å². The molecular weight excluding hydrogens is 292 g/mol. The topological polar surface area (TPSA) is 49.9 Å². The van der Waals surface area contributed by atoms with Crippen LogP contribution in [0, 0.1) is 5.92 Å². The van der Waals surface area contributed by atoms with Crippen LogP contribution in [0.3, 0.4) is 0 Å². The van der Waals surface area contributed by atoms with Crippen molar-refractivity contribution in [3.63, 3.8) is 0 Å². The number of carbonyl (C=O) groups is 2. The second-order valence-electron chi connectivity index (χ2n) is 6.49. The van der Waals surface area contributed by atoms with Gasteiger partial charge < -0.3 is 14.5 Å². The highest BCUT2D eigenvalue weighted by Gasteiger charge is 2.30. The van der Waals surface area contributed by atoms with Crippen LogP contribution in [0.5, 0.6) is 0 Å². The molecule has 0 spiro atoms. The normalized spacial score (nSPS) is 17.3. The minimum Gasteiger partial charge on any atom is -0.381 e. The van der Waals surface area contributed by atoms with Crippen LogP contribution in [0.15, 0.2) is 24.3 Å². The summed E-state index contributed by atoms with van der Waals surface area (Å²) in [7, 11) is 3.50. The van der Waals surface area contributed by atoms with Gasteiger partial charge in [0.2, 0.25) is 11.8 Å². The number of likely N-dealkylation sites (N-methyl/N-ethyl adjacent to an activating group) is 1. The molecule has 5 heteroatoms. The highest BCUT2D eigenvalue weighted by atomic mass is 16.5. The first-order valence-corrected chi connectivity index (χ1v) is 8.10. The summed E-state index contributed by atoms with van der Waals surface area (Å²) < 4.78 is 5.34. The Labute approximate surface area is 138 Å². The molecule has 1 aliphatic heterocycles. The number of hydrogen-bond acceptors (Lipinski definition) is 3. The quantitative estimate of drug-likeness (QED) is 0.835. The molecule has 0 N–H and O–H groups in total. The zero-order chi connectivity index (χ0) is 17.0. The van der Waals surface area contributed by atoms with Crippen molar-refractivity contribution >= 4 is 17.5 Å². The average Bonchev–Trinajstić information content (AvgIpc) is 3.03. The lowest BCUT2D eigenvalue weighted by atomic mass is 10.0. The Kier molecular flexibility index (Phi) is 5.77. The summed E-state index contributed by atoms with van der Waals surface area (Å²) in [5.74, 6) is 0.139. The maximum atomic E-state index is 12.7. The molecule has 0 aromatic heterocycles. The molecule has 1 saturated heterocycles. The molecule has 1 atom stereocenters. The standard InChI is InChI=1S/C18H26N2O3/c1-13(2)20(18(22)15-9-10-23-12-15)16-7-5-14(6-8-16)11-17(21)19(3)4/h5-8,13,15H,9-12H2,1-4H3/t15-/m1/s1. The van der Waals surface area contributed by atoms with Gasteiger partial charge in [0.25, 0.3) is 0 Å². The van der Waals surface area contributed by atoms with Crippen LogP contribution in [0.4, 0.5) is 5.69 Å². The van der Waals surface area contributed by atoms with Crippen LogP contribution in [-0.2, 0) is 20.7 Å². The second kappa shape index (κ2) is 7.59. The van der Waals surface area contributed by atoms with Crippen molar-refractivity contribution in [2.75, 3.05) is 32.2 Å². The van der Waals surface area contributed by atoms with Gasteiger partial charge >= 0.3 is 0 Å². The number of amides is 2. The third-order valence-electron chi connectivity index (χ3n) is 4.10. The molecule has 23 heavy (non-hydrogen) atoms. The number of nitrogens with zero attached hydrogens (tertiary/aromatic N) is 2. The van der Waals surface area contributed by atoms with Crippen LogP contribution in [0.25, 0.3) is 0 Å². The monoisotopic (exact) mass is 318 g/mol. The van der Waals surface area contributed by atoms with E-state index in [1.165, 1.54) is 0 Å². The van der Waals surface area contributed by atoms with Gasteiger partial charge in [0.15, 0.2) is 0 Å². The Morgan fingerprint density at radius 3 is 2.35 bits per heavy atom. The fourth-order valence-electron chi connectivity index (χ4n) is 2.71. The Balaban J connectivity index is 2.13. The smallest absolute Gasteiger partial charge is 0.232 e. The first-order chi connectivity index (χ1) is 10.9. The molecule has 0 bridgehead atoms. The molecule has 0 aliphatic carbocycles. The van der Waals surface area contributed by atoms with Gasteiger partial charge in [0.1, 0.15) is 0 Å². The van der Waals surface area contributed by atoms with Gasteiger partial charge in [-0.15, -0.1) is 0 Å². The van der Waals surface area contributed by atoms with E-state index in [0.717, 1.165) is 17.7 Å². The molecule has 1 aromatic carbocycles. The molecule has 2 rings (SSSR count). The van der Waals surface area contributed by atoms with E-state index in [1.807, 2.05) is 43.0 Å². The Bertz CT molecular complexity index is 546. The average molecular weight is 318 g/mol. The SMILES string of the molecule is CC(C)N(C(=O)[C@@H]1CCOC1)c1ccc(CC(=O)N(C)C)cc1. The van der Waals surface area contributed by atoms with Crippen molar-refractivity contribution in [2.45, 2.75) is 32.7 Å². The van der Waals surface area contributed by atoms with Crippen LogP contribution >= 0.6 is 0 Å². The number of anilines is 1. The minimum atomic E-state index is -0.0487. The molecule has 0 unspecified atom stereocenters. The summed E-state index contributed by atoms with van der Waals surface area (Å²) in [6.07, 6.45) is 1.16. The third-order valence-corrected chi connectivity index (χ3v) is 4.10. The molecule has 2 amide bonds. The lowest BCUT2D eigenvalue weighted by Crippen LogP contribution is -2.41. The van der Waals surface area contributed by atoms with Gasteiger partial charge in [-0.2, -0.15) is 0 Å². The van der Waals surface area contributed by atoms with Crippen LogP contribution in [0.2, 0.25) is 0 Å². The minimum absolute atomic E-state index is 0.0487. The van der Waals surface area contributed by atoms with E-state index in [4.69, 9.17) is 4.74 Å². The van der Waals surface area contributed by atoms with E-state index in [0.29, 0.717) is 19.6 Å². The maximum Gasteiger partial charge on any atom is 0.232 e. The number of benzene rings is 1. The molecule has 5 nitrogen and oxygen atoms in total. The number of ether oxygens (including phenoxy) is 1. The van der Waals surface area contributed by atoms with Gasteiger partial charge in [0, 0.05) is 32.4 Å². The highest BCUT2D eigenvalue weighted by molar-refractivity contribution is 5.95. The molecule has 1 heterocycles. The predicted molar refractivity (Wildman–Crippen MR) is 90.4 cm³/mol. The summed E-state index contributed by atoms with van der Waals surface area (Å²) in [5, 5.41) is 0. The van der Waals surface area contributed by atoms with Crippen LogP contribution in [-0.4, -0.2) is 50.1 Å². The van der Waals surface area contributed by atoms with Gasteiger partial charge in [-0.25, -0.2) is 0 Å². The number of rotatable bonds is 5. The molecule has 1 aromatic rings. The highest BCUT2D eigenvalue weighted by Crippen LogP contribution is 2.24. The van der Waals surface area contributed by atoms with E-state index < -0.39 is 0 Å². The van der Waals surface area contributed by atoms with Crippen LogP contribution in [0.1, 0.15) is 25.8 Å². The van der Waals surface area contributed by atoms with E-state index >= 15 is 0 Å². The molecule has 1 aliphatic rings. The van der Waals surface area contributed by atoms with Crippen LogP contribution < -0.4 is 4.90 Å². The number of hydrogen-bond donors (Lipinski definition) is 0. The summed E-state index contributed by atoms with van der Waals surface area (Å²) in [5.41, 5.74) is 1.82. The zero-order valence-corrected chi connectivity index (χ0v) is 14.4. The predicted octanol–water partition coefficient (Wildman–Crippen LogP) is 2.10. The Morgan fingerprint density at radius 2 is 1.87 bits per heavy atom. The van der Waals surface area contributed by atoms with Crippen molar-refractivity contribution in [3.05, 3.63) is 29.8 Å². The summed E-state index contributed by atoms with van der Waals surface area (Å²) >= 11 is 0. The summed E-state index contributed by atoms with van der Waals surface area (Å²) in [6.45, 7) is 5.19. The first-order valence-electron chi connectivity index (χ1n) is 8.10. The van der Waals surface area contributed by atoms with Crippen molar-refractivity contribution in [3.8, 4) is 0 Å². The van der Waals surface area contributed by atoms with Gasteiger partial charge in [-0.3, -0.25) is 9.59 Å². The maximum absolute atomic E-state index is 12.7. The molecular formula is C18H26N2O3. The van der Waals surface area contributed by atoms with Gasteiger partial charge in [-0.1, -0.05) is 12.1 Å². The van der Waals surface area contributed by atoms with E-state index in [2.05, 4.69) is 0 Å². The van der Waals surface area contributed by atoms with Crippen molar-refractivity contribution in [1.29, 1.82) is 0 Å². The summed E-state index contributed by atoms with van der Waals surface area (Å²) in [6, 6.07) is 7.77. The fraction of sp³-hybridized carbons (Fsp3) is 0.556. The van der Waals surface area contributed by atoms with Gasteiger partial charge in [0.05, 0.1) is 18.9 Å². The van der Waals surface area contributed by atoms with Gasteiger partial charge in [-0.05, 0) is 38.0 Å². The fourth-order valence-corrected chi connectivity index (χ4v) is 2.71. The molecule has 126 valence electrons. The van der Waals surface area contributed by atoms with Crippen molar-refractivity contribution in [2.24, 2.45) is 5.92 Å². The zero-order valence-electron chi connectivity index (χ0n) is 14.4. The lowest BCUT2D eigenvalue weighted by molar-refractivity contribution is -0.128. The number of carbonyl (C=O) groups excluding carboxylic acids is 2. The van der Waals surface area contributed by atoms with Crippen molar-refractivity contribution < 1.29 is 14.3 Å². The molecule has 0 radical (unpaired) electrons. The molecule has 0 saturated carbocycles.